The second-order valence-electron chi connectivity index (χ2n) is 1.12. The first kappa shape index (κ1) is 11.2. The first-order chi connectivity index (χ1) is 3.71. The van der Waals surface area contributed by atoms with Gasteiger partial charge < -0.3 is 0 Å². The van der Waals surface area contributed by atoms with Gasteiger partial charge in [0.25, 0.3) is 0 Å². The van der Waals surface area contributed by atoms with Crippen LogP contribution in [0.5, 0.6) is 0 Å². The molecule has 0 heterocycles. The lowest BCUT2D eigenvalue weighted by Crippen LogP contribution is -2.25. The molecule has 0 rings (SSSR count). The van der Waals surface area contributed by atoms with E-state index in [2.05, 4.69) is 5.67 Å². The summed E-state index contributed by atoms with van der Waals surface area (Å²) in [6.45, 7) is 0. The first-order valence-electron chi connectivity index (χ1n) is 1.63. The minimum atomic E-state index is -2.96. The highest BCUT2D eigenvalue weighted by Crippen LogP contribution is 2.34. The van der Waals surface area contributed by atoms with Crippen molar-refractivity contribution in [3.05, 3.63) is 5.67 Å². The van der Waals surface area contributed by atoms with Crippen molar-refractivity contribution in [2.24, 2.45) is 0 Å². The maximum absolute atomic E-state index is 5.36. The Labute approximate surface area is 83.6 Å². The molecule has 0 fully saturated rings. The lowest BCUT2D eigenvalue weighted by atomic mass is 11.9. The predicted octanol–water partition coefficient (Wildman–Crippen LogP) is 3.46. The molecule has 8 heteroatoms. The lowest BCUT2D eigenvalue weighted by molar-refractivity contribution is 2.43. The second kappa shape index (κ2) is 3.72. The molecule has 9 heavy (non-hydrogen) atoms. The minimum absolute atomic E-state index is 2.33. The fraction of sp³-hybridized carbons (Fsp3) is 0. The number of halogens is 6. The monoisotopic (exact) mass is 278 g/mol. The van der Waals surface area contributed by atoms with Gasteiger partial charge in [0.1, 0.15) is 0 Å². The number of hydrogen-bond acceptors (Lipinski definition) is 0. The zero-order chi connectivity index (χ0) is 7.71. The Morgan fingerprint density at radius 1 is 0.667 bits per heavy atom. The molecule has 0 spiro atoms. The van der Waals surface area contributed by atoms with E-state index in [0.717, 1.165) is 0 Å². The van der Waals surface area contributed by atoms with E-state index in [1.807, 2.05) is 0 Å². The van der Waals surface area contributed by atoms with Crippen LogP contribution in [0.3, 0.4) is 0 Å². The standard InChI is InChI=1S/CCl6Si2/c2-8(3,4)1-9(5,6)7. The summed E-state index contributed by atoms with van der Waals surface area (Å²) in [5.41, 5.74) is 2.33. The summed E-state index contributed by atoms with van der Waals surface area (Å²) < 4.78 is 0. The summed E-state index contributed by atoms with van der Waals surface area (Å²) in [4.78, 5) is 0. The zero-order valence-electron chi connectivity index (χ0n) is 3.77. The largest absolute Gasteiger partial charge is 0.348 e. The molecule has 0 atom stereocenters. The quantitative estimate of drug-likeness (QED) is 0.537. The van der Waals surface area contributed by atoms with Gasteiger partial charge in [-0.15, -0.1) is 66.5 Å². The number of hydrogen-bond donors (Lipinski definition) is 0. The Hall–Kier alpha value is 2.17. The fourth-order valence-electron chi connectivity index (χ4n) is 0.161. The van der Waals surface area contributed by atoms with Gasteiger partial charge in [0.2, 0.25) is 0 Å². The van der Waals surface area contributed by atoms with Crippen LogP contribution in [0.4, 0.5) is 0 Å². The van der Waals surface area contributed by atoms with E-state index in [1.165, 1.54) is 0 Å². The predicted molar refractivity (Wildman–Crippen MR) is 49.9 cm³/mol. The number of rotatable bonds is 2. The molecular weight excluding hydrogens is 281 g/mol. The molecule has 0 aliphatic carbocycles. The summed E-state index contributed by atoms with van der Waals surface area (Å²) in [6, 6.07) is -5.92. The molecule has 0 aliphatic heterocycles. The molecule has 0 saturated carbocycles. The van der Waals surface area contributed by atoms with Crippen LogP contribution < -0.4 is 0 Å². The van der Waals surface area contributed by atoms with Gasteiger partial charge in [-0.1, -0.05) is 0 Å². The van der Waals surface area contributed by atoms with Crippen LogP contribution in [0.15, 0.2) is 0 Å². The summed E-state index contributed by atoms with van der Waals surface area (Å²) in [6.07, 6.45) is 0. The molecule has 0 aromatic heterocycles. The summed E-state index contributed by atoms with van der Waals surface area (Å²) in [5.74, 6) is 0. The van der Waals surface area contributed by atoms with Crippen molar-refractivity contribution in [3.8, 4) is 0 Å². The van der Waals surface area contributed by atoms with Crippen molar-refractivity contribution in [2.45, 2.75) is 0 Å². The molecule has 0 saturated heterocycles. The minimum Gasteiger partial charge on any atom is -0.126 e. The van der Waals surface area contributed by atoms with Crippen LogP contribution in [0.25, 0.3) is 0 Å². The summed E-state index contributed by atoms with van der Waals surface area (Å²) >= 11 is 32.1. The maximum atomic E-state index is 5.36. The molecule has 0 aliphatic rings. The summed E-state index contributed by atoms with van der Waals surface area (Å²) in [5, 5.41) is 0. The Morgan fingerprint density at radius 3 is 0.889 bits per heavy atom. The Bertz CT molecular complexity index is 76.2. The molecule has 0 aromatic carbocycles. The van der Waals surface area contributed by atoms with Crippen LogP contribution in [-0.2, 0) is 0 Å². The van der Waals surface area contributed by atoms with Crippen LogP contribution >= 0.6 is 66.5 Å². The third-order valence-electron chi connectivity index (χ3n) is 0.283. The van der Waals surface area contributed by atoms with Gasteiger partial charge in [-0.05, 0) is 0 Å². The smallest absolute Gasteiger partial charge is 0.126 e. The fourth-order valence-corrected chi connectivity index (χ4v) is 13.0. The van der Waals surface area contributed by atoms with Gasteiger partial charge in [0.05, 0.1) is 5.67 Å². The molecule has 0 N–H and O–H groups in total. The van der Waals surface area contributed by atoms with E-state index < -0.39 is 12.0 Å². The van der Waals surface area contributed by atoms with Crippen LogP contribution in [0.2, 0.25) is 0 Å². The maximum Gasteiger partial charge on any atom is 0.348 e. The molecular formula is CCl6Si2. The second-order valence-corrected chi connectivity index (χ2v) is 17.8. The van der Waals surface area contributed by atoms with E-state index in [1.54, 1.807) is 0 Å². The van der Waals surface area contributed by atoms with Gasteiger partial charge in [0.15, 0.2) is 0 Å². The molecule has 0 aromatic rings. The van der Waals surface area contributed by atoms with Crippen molar-refractivity contribution >= 4 is 78.5 Å². The van der Waals surface area contributed by atoms with E-state index in [-0.39, 0.29) is 0 Å². The summed E-state index contributed by atoms with van der Waals surface area (Å²) in [7, 11) is 0. The van der Waals surface area contributed by atoms with Crippen LogP contribution in [0.1, 0.15) is 0 Å². The van der Waals surface area contributed by atoms with Crippen molar-refractivity contribution < 1.29 is 0 Å². The van der Waals surface area contributed by atoms with E-state index >= 15 is 0 Å². The Kier molecular flexibility index (Phi) is 4.62. The first-order valence-corrected chi connectivity index (χ1v) is 11.7. The molecule has 0 bridgehead atoms. The average Bonchev–Trinajstić information content (AvgIpc) is 1.14. The highest BCUT2D eigenvalue weighted by Gasteiger charge is 2.40. The van der Waals surface area contributed by atoms with E-state index in [9.17, 15) is 0 Å². The van der Waals surface area contributed by atoms with Gasteiger partial charge >= 0.3 is 12.0 Å². The van der Waals surface area contributed by atoms with Gasteiger partial charge in [-0.3, -0.25) is 0 Å². The highest BCUT2D eigenvalue weighted by molar-refractivity contribution is 7.77. The van der Waals surface area contributed by atoms with Crippen molar-refractivity contribution in [3.63, 3.8) is 0 Å². The van der Waals surface area contributed by atoms with Gasteiger partial charge in [0, 0.05) is 0 Å². The zero-order valence-corrected chi connectivity index (χ0v) is 10.3. The Balaban J connectivity index is 3.75. The van der Waals surface area contributed by atoms with E-state index in [4.69, 9.17) is 66.5 Å². The molecule has 0 nitrogen and oxygen atoms in total. The van der Waals surface area contributed by atoms with Crippen molar-refractivity contribution in [1.29, 1.82) is 0 Å². The third-order valence-corrected chi connectivity index (χ3v) is 7.65. The van der Waals surface area contributed by atoms with Crippen LogP contribution in [-0.4, -0.2) is 12.0 Å². The highest BCUT2D eigenvalue weighted by atomic mass is 35.8. The normalized spacial score (nSPS) is 14.0. The van der Waals surface area contributed by atoms with E-state index in [0.29, 0.717) is 0 Å². The molecule has 2 radical (unpaired) electrons. The van der Waals surface area contributed by atoms with Gasteiger partial charge in [-0.2, -0.15) is 0 Å². The lowest BCUT2D eigenvalue weighted by Gasteiger charge is -2.10. The molecule has 0 amide bonds. The van der Waals surface area contributed by atoms with Crippen molar-refractivity contribution in [2.75, 3.05) is 0 Å². The molecule has 0 unspecified atom stereocenters. The third kappa shape index (κ3) is 10.2. The van der Waals surface area contributed by atoms with Gasteiger partial charge in [-0.25, -0.2) is 0 Å². The van der Waals surface area contributed by atoms with Crippen molar-refractivity contribution in [1.82, 2.24) is 0 Å². The molecule has 54 valence electrons. The average molecular weight is 281 g/mol. The van der Waals surface area contributed by atoms with Crippen LogP contribution in [0, 0.1) is 5.67 Å². The Morgan fingerprint density at radius 2 is 0.889 bits per heavy atom. The topological polar surface area (TPSA) is 0 Å². The SMILES string of the molecule is Cl[Si](Cl)(Cl)[C][Si](Cl)(Cl)Cl.